The summed E-state index contributed by atoms with van der Waals surface area (Å²) in [4.78, 5) is 5.20. The minimum absolute atomic E-state index is 0.602. The van der Waals surface area contributed by atoms with Crippen LogP contribution in [0.15, 0.2) is 0 Å². The van der Waals surface area contributed by atoms with E-state index in [4.69, 9.17) is 5.73 Å². The number of hydrogen-bond donors (Lipinski definition) is 1. The summed E-state index contributed by atoms with van der Waals surface area (Å²) in [6, 6.07) is 0.602. The van der Waals surface area contributed by atoms with Gasteiger partial charge in [0, 0.05) is 45.3 Å². The molecule has 0 spiro atoms. The van der Waals surface area contributed by atoms with E-state index in [-0.39, 0.29) is 0 Å². The Morgan fingerprint density at radius 3 is 2.24 bits per heavy atom. The third kappa shape index (κ3) is 4.94. The molecular weight excluding hydrogens is 210 g/mol. The third-order valence-electron chi connectivity index (χ3n) is 4.02. The molecule has 1 aliphatic rings. The minimum atomic E-state index is 0.602. The summed E-state index contributed by atoms with van der Waals surface area (Å²) >= 11 is 0. The fourth-order valence-corrected chi connectivity index (χ4v) is 2.91. The van der Waals surface area contributed by atoms with E-state index in [1.807, 2.05) is 0 Å². The SMILES string of the molecule is CCCC(C)CN1CCN(C(CC)CN)CC1. The summed E-state index contributed by atoms with van der Waals surface area (Å²) < 4.78 is 0. The van der Waals surface area contributed by atoms with E-state index in [1.54, 1.807) is 0 Å². The van der Waals surface area contributed by atoms with Crippen molar-refractivity contribution in [2.24, 2.45) is 11.7 Å². The van der Waals surface area contributed by atoms with Gasteiger partial charge in [-0.25, -0.2) is 0 Å². The van der Waals surface area contributed by atoms with Crippen LogP contribution in [0.4, 0.5) is 0 Å². The lowest BCUT2D eigenvalue weighted by Gasteiger charge is -2.39. The molecule has 3 nitrogen and oxygen atoms in total. The standard InChI is InChI=1S/C14H31N3/c1-4-6-13(3)12-16-7-9-17(10-8-16)14(5-2)11-15/h13-14H,4-12,15H2,1-3H3. The van der Waals surface area contributed by atoms with Crippen LogP contribution < -0.4 is 5.73 Å². The molecule has 0 radical (unpaired) electrons. The summed E-state index contributed by atoms with van der Waals surface area (Å²) in [7, 11) is 0. The highest BCUT2D eigenvalue weighted by molar-refractivity contribution is 4.79. The molecule has 1 saturated heterocycles. The summed E-state index contributed by atoms with van der Waals surface area (Å²) in [5, 5.41) is 0. The van der Waals surface area contributed by atoms with Gasteiger partial charge in [0.1, 0.15) is 0 Å². The van der Waals surface area contributed by atoms with Crippen molar-refractivity contribution in [1.29, 1.82) is 0 Å². The first-order chi connectivity index (χ1) is 8.21. The first-order valence-electron chi connectivity index (χ1n) is 7.37. The molecule has 0 bridgehead atoms. The maximum Gasteiger partial charge on any atom is 0.0216 e. The van der Waals surface area contributed by atoms with Crippen molar-refractivity contribution in [3.63, 3.8) is 0 Å². The zero-order valence-electron chi connectivity index (χ0n) is 12.0. The maximum atomic E-state index is 5.81. The summed E-state index contributed by atoms with van der Waals surface area (Å²) in [5.74, 6) is 0.850. The molecule has 1 aliphatic heterocycles. The van der Waals surface area contributed by atoms with E-state index in [2.05, 4.69) is 30.6 Å². The molecule has 102 valence electrons. The van der Waals surface area contributed by atoms with Crippen LogP contribution in [-0.4, -0.2) is 55.1 Å². The predicted molar refractivity (Wildman–Crippen MR) is 75.2 cm³/mol. The average Bonchev–Trinajstić information content (AvgIpc) is 2.33. The normalized spacial score (nSPS) is 22.6. The maximum absolute atomic E-state index is 5.81. The summed E-state index contributed by atoms with van der Waals surface area (Å²) in [5.41, 5.74) is 5.81. The Labute approximate surface area is 107 Å². The second-order valence-electron chi connectivity index (χ2n) is 5.53. The second kappa shape index (κ2) is 8.06. The van der Waals surface area contributed by atoms with Crippen LogP contribution >= 0.6 is 0 Å². The fourth-order valence-electron chi connectivity index (χ4n) is 2.91. The van der Waals surface area contributed by atoms with Crippen molar-refractivity contribution in [3.8, 4) is 0 Å². The van der Waals surface area contributed by atoms with Crippen LogP contribution in [0.5, 0.6) is 0 Å². The van der Waals surface area contributed by atoms with Crippen molar-refractivity contribution in [2.45, 2.75) is 46.1 Å². The Morgan fingerprint density at radius 1 is 1.12 bits per heavy atom. The van der Waals surface area contributed by atoms with Crippen LogP contribution in [-0.2, 0) is 0 Å². The minimum Gasteiger partial charge on any atom is -0.329 e. The highest BCUT2D eigenvalue weighted by Crippen LogP contribution is 2.12. The molecule has 0 aromatic heterocycles. The zero-order chi connectivity index (χ0) is 12.7. The monoisotopic (exact) mass is 241 g/mol. The van der Waals surface area contributed by atoms with Gasteiger partial charge in [-0.1, -0.05) is 27.2 Å². The Bertz CT molecular complexity index is 184. The van der Waals surface area contributed by atoms with Crippen LogP contribution in [0.25, 0.3) is 0 Å². The van der Waals surface area contributed by atoms with Crippen molar-refractivity contribution < 1.29 is 0 Å². The summed E-state index contributed by atoms with van der Waals surface area (Å²) in [6.07, 6.45) is 3.86. The molecule has 1 heterocycles. The average molecular weight is 241 g/mol. The third-order valence-corrected chi connectivity index (χ3v) is 4.02. The molecule has 3 heteroatoms. The number of hydrogen-bond acceptors (Lipinski definition) is 3. The number of nitrogens with two attached hydrogens (primary N) is 1. The zero-order valence-corrected chi connectivity index (χ0v) is 12.0. The van der Waals surface area contributed by atoms with Gasteiger partial charge in [0.05, 0.1) is 0 Å². The molecule has 2 N–H and O–H groups in total. The molecule has 1 rings (SSSR count). The van der Waals surface area contributed by atoms with E-state index >= 15 is 0 Å². The van der Waals surface area contributed by atoms with Gasteiger partial charge in [0.25, 0.3) is 0 Å². The fraction of sp³-hybridized carbons (Fsp3) is 1.00. The molecule has 0 aliphatic carbocycles. The van der Waals surface area contributed by atoms with Crippen LogP contribution in [0.2, 0.25) is 0 Å². The molecule has 0 aromatic rings. The van der Waals surface area contributed by atoms with E-state index in [0.717, 1.165) is 12.5 Å². The van der Waals surface area contributed by atoms with Crippen molar-refractivity contribution in [1.82, 2.24) is 9.80 Å². The van der Waals surface area contributed by atoms with Crippen molar-refractivity contribution in [2.75, 3.05) is 39.3 Å². The van der Waals surface area contributed by atoms with Gasteiger partial charge in [0.2, 0.25) is 0 Å². The van der Waals surface area contributed by atoms with E-state index < -0.39 is 0 Å². The van der Waals surface area contributed by atoms with Gasteiger partial charge in [-0.2, -0.15) is 0 Å². The number of nitrogens with zero attached hydrogens (tertiary/aromatic N) is 2. The predicted octanol–water partition coefficient (Wildman–Crippen LogP) is 1.78. The molecule has 1 fully saturated rings. The van der Waals surface area contributed by atoms with Gasteiger partial charge in [-0.05, 0) is 18.8 Å². The Balaban J connectivity index is 2.25. The Kier molecular flexibility index (Phi) is 7.09. The lowest BCUT2D eigenvalue weighted by molar-refractivity contribution is 0.0873. The van der Waals surface area contributed by atoms with Gasteiger partial charge in [-0.3, -0.25) is 4.90 Å². The molecule has 2 atom stereocenters. The van der Waals surface area contributed by atoms with Crippen LogP contribution in [0, 0.1) is 5.92 Å². The van der Waals surface area contributed by atoms with Crippen molar-refractivity contribution in [3.05, 3.63) is 0 Å². The topological polar surface area (TPSA) is 32.5 Å². The molecule has 0 aromatic carbocycles. The lowest BCUT2D eigenvalue weighted by atomic mass is 10.0. The Hall–Kier alpha value is -0.120. The largest absolute Gasteiger partial charge is 0.329 e. The van der Waals surface area contributed by atoms with Crippen molar-refractivity contribution >= 4 is 0 Å². The van der Waals surface area contributed by atoms with Gasteiger partial charge >= 0.3 is 0 Å². The smallest absolute Gasteiger partial charge is 0.0216 e. The van der Waals surface area contributed by atoms with E-state index in [0.29, 0.717) is 6.04 Å². The molecular formula is C14H31N3. The number of piperazine rings is 1. The molecule has 0 saturated carbocycles. The second-order valence-corrected chi connectivity index (χ2v) is 5.53. The van der Waals surface area contributed by atoms with E-state index in [1.165, 1.54) is 52.0 Å². The molecule has 17 heavy (non-hydrogen) atoms. The van der Waals surface area contributed by atoms with Gasteiger partial charge in [-0.15, -0.1) is 0 Å². The number of rotatable bonds is 7. The molecule has 0 amide bonds. The Morgan fingerprint density at radius 2 is 1.76 bits per heavy atom. The first kappa shape index (κ1) is 14.9. The highest BCUT2D eigenvalue weighted by atomic mass is 15.3. The highest BCUT2D eigenvalue weighted by Gasteiger charge is 2.22. The summed E-state index contributed by atoms with van der Waals surface area (Å²) in [6.45, 7) is 13.8. The quantitative estimate of drug-likeness (QED) is 0.737. The van der Waals surface area contributed by atoms with Gasteiger partial charge in [0.15, 0.2) is 0 Å². The lowest BCUT2D eigenvalue weighted by Crippen LogP contribution is -2.52. The van der Waals surface area contributed by atoms with Gasteiger partial charge < -0.3 is 10.6 Å². The first-order valence-corrected chi connectivity index (χ1v) is 7.37. The van der Waals surface area contributed by atoms with Crippen LogP contribution in [0.1, 0.15) is 40.0 Å². The molecule has 2 unspecified atom stereocenters. The van der Waals surface area contributed by atoms with Crippen LogP contribution in [0.3, 0.4) is 0 Å². The van der Waals surface area contributed by atoms with E-state index in [9.17, 15) is 0 Å².